The topological polar surface area (TPSA) is 86.8 Å². The van der Waals surface area contributed by atoms with Crippen molar-refractivity contribution in [3.8, 4) is 0 Å². The average Bonchev–Trinajstić information content (AvgIpc) is 2.85. The van der Waals surface area contributed by atoms with E-state index < -0.39 is 40.2 Å². The van der Waals surface area contributed by atoms with Crippen molar-refractivity contribution in [1.82, 2.24) is 10.2 Å². The lowest BCUT2D eigenvalue weighted by Gasteiger charge is -2.34. The fourth-order valence-corrected chi connectivity index (χ4v) is 5.47. The van der Waals surface area contributed by atoms with Crippen LogP contribution in [0.15, 0.2) is 42.5 Å². The summed E-state index contributed by atoms with van der Waals surface area (Å²) in [6, 6.07) is 8.53. The SMILES string of the molecule is CC[C@H](C(=O)NC1CCCCC1)N(Cc1ccc(Cl)cc1)C(=O)CN(c1ccc(F)c(F)c1)S(C)(=O)=O. The van der Waals surface area contributed by atoms with E-state index in [9.17, 15) is 26.8 Å². The van der Waals surface area contributed by atoms with Crippen LogP contribution in [0.25, 0.3) is 0 Å². The molecule has 0 heterocycles. The molecule has 1 atom stereocenters. The monoisotopic (exact) mass is 555 g/mol. The Balaban J connectivity index is 1.92. The summed E-state index contributed by atoms with van der Waals surface area (Å²) in [5.41, 5.74) is 0.501. The molecule has 37 heavy (non-hydrogen) atoms. The normalized spacial score (nSPS) is 15.2. The van der Waals surface area contributed by atoms with Gasteiger partial charge < -0.3 is 10.2 Å². The van der Waals surface area contributed by atoms with Gasteiger partial charge in [-0.05, 0) is 49.1 Å². The Hall–Kier alpha value is -2.72. The second-order valence-electron chi connectivity index (χ2n) is 9.28. The first-order valence-electron chi connectivity index (χ1n) is 12.3. The van der Waals surface area contributed by atoms with Gasteiger partial charge >= 0.3 is 0 Å². The third-order valence-corrected chi connectivity index (χ3v) is 7.87. The highest BCUT2D eigenvalue weighted by atomic mass is 35.5. The molecule has 3 rings (SSSR count). The Morgan fingerprint density at radius 2 is 1.70 bits per heavy atom. The zero-order valence-electron chi connectivity index (χ0n) is 20.9. The average molecular weight is 556 g/mol. The summed E-state index contributed by atoms with van der Waals surface area (Å²) in [4.78, 5) is 28.3. The molecule has 202 valence electrons. The van der Waals surface area contributed by atoms with E-state index in [0.717, 1.165) is 56.6 Å². The van der Waals surface area contributed by atoms with Gasteiger partial charge in [0.15, 0.2) is 11.6 Å². The molecular formula is C26H32ClF2N3O4S. The standard InChI is InChI=1S/C26H32ClF2N3O4S/c1-3-24(26(34)30-20-7-5-4-6-8-20)31(16-18-9-11-19(27)12-10-18)25(33)17-32(37(2,35)36)21-13-14-22(28)23(29)15-21/h9-15,20,24H,3-8,16-17H2,1-2H3,(H,30,34)/t24-/m1/s1. The number of hydrogen-bond acceptors (Lipinski definition) is 4. The number of nitrogens with zero attached hydrogens (tertiary/aromatic N) is 2. The first-order valence-corrected chi connectivity index (χ1v) is 14.5. The van der Waals surface area contributed by atoms with Crippen LogP contribution in [0.1, 0.15) is 51.0 Å². The number of carbonyl (C=O) groups is 2. The molecule has 0 bridgehead atoms. The molecular weight excluding hydrogens is 524 g/mol. The van der Waals surface area contributed by atoms with E-state index in [-0.39, 0.29) is 24.2 Å². The first-order chi connectivity index (χ1) is 17.5. The lowest BCUT2D eigenvalue weighted by molar-refractivity contribution is -0.140. The van der Waals surface area contributed by atoms with E-state index in [1.807, 2.05) is 0 Å². The molecule has 1 saturated carbocycles. The predicted octanol–water partition coefficient (Wildman–Crippen LogP) is 4.64. The van der Waals surface area contributed by atoms with Crippen LogP contribution in [0.4, 0.5) is 14.5 Å². The van der Waals surface area contributed by atoms with Crippen LogP contribution < -0.4 is 9.62 Å². The van der Waals surface area contributed by atoms with Gasteiger partial charge in [-0.2, -0.15) is 0 Å². The smallest absolute Gasteiger partial charge is 0.244 e. The van der Waals surface area contributed by atoms with Gasteiger partial charge in [0.05, 0.1) is 11.9 Å². The van der Waals surface area contributed by atoms with Gasteiger partial charge in [0.2, 0.25) is 21.8 Å². The summed E-state index contributed by atoms with van der Waals surface area (Å²) in [6.07, 6.45) is 6.06. The number of rotatable bonds is 10. The molecule has 1 fully saturated rings. The molecule has 0 aliphatic heterocycles. The van der Waals surface area contributed by atoms with Crippen LogP contribution in [-0.4, -0.2) is 50.0 Å². The lowest BCUT2D eigenvalue weighted by atomic mass is 9.95. The molecule has 1 aliphatic carbocycles. The van der Waals surface area contributed by atoms with E-state index in [4.69, 9.17) is 11.6 Å². The lowest BCUT2D eigenvalue weighted by Crippen LogP contribution is -2.53. The van der Waals surface area contributed by atoms with Crippen LogP contribution in [0.3, 0.4) is 0 Å². The number of halogens is 3. The minimum absolute atomic E-state index is 0.0255. The number of carbonyl (C=O) groups excluding carboxylic acids is 2. The Kier molecular flexibility index (Phi) is 9.89. The van der Waals surface area contributed by atoms with E-state index in [2.05, 4.69) is 5.32 Å². The summed E-state index contributed by atoms with van der Waals surface area (Å²) in [5.74, 6) is -3.35. The predicted molar refractivity (Wildman–Crippen MR) is 140 cm³/mol. The van der Waals surface area contributed by atoms with Crippen molar-refractivity contribution in [3.63, 3.8) is 0 Å². The van der Waals surface area contributed by atoms with Crippen LogP contribution in [-0.2, 0) is 26.2 Å². The summed E-state index contributed by atoms with van der Waals surface area (Å²) >= 11 is 5.99. The number of amides is 2. The second kappa shape index (κ2) is 12.7. The highest BCUT2D eigenvalue weighted by Gasteiger charge is 2.33. The van der Waals surface area contributed by atoms with Crippen LogP contribution in [0.2, 0.25) is 5.02 Å². The van der Waals surface area contributed by atoms with Crippen molar-refractivity contribution in [2.24, 2.45) is 0 Å². The maximum absolute atomic E-state index is 13.9. The van der Waals surface area contributed by atoms with Crippen LogP contribution in [0.5, 0.6) is 0 Å². The number of benzene rings is 2. The number of nitrogens with one attached hydrogen (secondary N) is 1. The Labute approximate surface area is 221 Å². The van der Waals surface area contributed by atoms with Gasteiger partial charge in [0, 0.05) is 23.7 Å². The van der Waals surface area contributed by atoms with Gasteiger partial charge in [0.25, 0.3) is 0 Å². The summed E-state index contributed by atoms with van der Waals surface area (Å²) in [5, 5.41) is 3.56. The maximum Gasteiger partial charge on any atom is 0.244 e. The van der Waals surface area contributed by atoms with Crippen molar-refractivity contribution in [3.05, 3.63) is 64.7 Å². The third-order valence-electron chi connectivity index (χ3n) is 6.47. The summed E-state index contributed by atoms with van der Waals surface area (Å²) in [7, 11) is -4.05. The van der Waals surface area contributed by atoms with Gasteiger partial charge in [0.1, 0.15) is 12.6 Å². The quantitative estimate of drug-likeness (QED) is 0.463. The van der Waals surface area contributed by atoms with E-state index >= 15 is 0 Å². The summed E-state index contributed by atoms with van der Waals surface area (Å²) < 4.78 is 53.2. The minimum Gasteiger partial charge on any atom is -0.352 e. The highest BCUT2D eigenvalue weighted by Crippen LogP contribution is 2.23. The molecule has 0 unspecified atom stereocenters. The van der Waals surface area contributed by atoms with Crippen molar-refractivity contribution < 1.29 is 26.8 Å². The number of anilines is 1. The highest BCUT2D eigenvalue weighted by molar-refractivity contribution is 7.92. The van der Waals surface area contributed by atoms with Gasteiger partial charge in [-0.25, -0.2) is 17.2 Å². The van der Waals surface area contributed by atoms with Gasteiger partial charge in [-0.15, -0.1) is 0 Å². The van der Waals surface area contributed by atoms with Crippen molar-refractivity contribution in [2.75, 3.05) is 17.1 Å². The molecule has 0 aromatic heterocycles. The zero-order valence-corrected chi connectivity index (χ0v) is 22.5. The van der Waals surface area contributed by atoms with Gasteiger partial charge in [-0.3, -0.25) is 13.9 Å². The first kappa shape index (κ1) is 28.8. The van der Waals surface area contributed by atoms with Gasteiger partial charge in [-0.1, -0.05) is 49.9 Å². The summed E-state index contributed by atoms with van der Waals surface area (Å²) in [6.45, 7) is 1.11. The molecule has 2 aromatic carbocycles. The molecule has 1 N–H and O–H groups in total. The van der Waals surface area contributed by atoms with E-state index in [1.54, 1.807) is 31.2 Å². The molecule has 0 radical (unpaired) electrons. The molecule has 11 heteroatoms. The zero-order chi connectivity index (χ0) is 27.2. The maximum atomic E-state index is 13.9. The molecule has 7 nitrogen and oxygen atoms in total. The number of hydrogen-bond donors (Lipinski definition) is 1. The second-order valence-corrected chi connectivity index (χ2v) is 11.6. The Morgan fingerprint density at radius 3 is 2.27 bits per heavy atom. The van der Waals surface area contributed by atoms with Crippen molar-refractivity contribution in [2.45, 2.75) is 64.1 Å². The number of sulfonamides is 1. The molecule has 2 aromatic rings. The molecule has 0 saturated heterocycles. The van der Waals surface area contributed by atoms with E-state index in [0.29, 0.717) is 21.3 Å². The molecule has 1 aliphatic rings. The fourth-order valence-electron chi connectivity index (χ4n) is 4.50. The largest absolute Gasteiger partial charge is 0.352 e. The van der Waals surface area contributed by atoms with Crippen molar-refractivity contribution in [1.29, 1.82) is 0 Å². The van der Waals surface area contributed by atoms with Crippen LogP contribution in [0, 0.1) is 11.6 Å². The Morgan fingerprint density at radius 1 is 1.05 bits per heavy atom. The van der Waals surface area contributed by atoms with E-state index in [1.165, 1.54) is 4.90 Å². The molecule has 0 spiro atoms. The fraction of sp³-hybridized carbons (Fsp3) is 0.462. The molecule has 2 amide bonds. The Bertz CT molecular complexity index is 1200. The van der Waals surface area contributed by atoms with Crippen molar-refractivity contribution >= 4 is 39.1 Å². The third kappa shape index (κ3) is 7.88. The van der Waals surface area contributed by atoms with Crippen LogP contribution >= 0.6 is 11.6 Å². The minimum atomic E-state index is -4.05.